The van der Waals surface area contributed by atoms with Gasteiger partial charge in [0.2, 0.25) is 0 Å². The molecule has 0 spiro atoms. The van der Waals surface area contributed by atoms with Crippen molar-refractivity contribution < 1.29 is 0 Å². The molecule has 1 aliphatic heterocycles. The maximum atomic E-state index is 4.70. The Morgan fingerprint density at radius 3 is 2.50 bits per heavy atom. The van der Waals surface area contributed by atoms with E-state index in [9.17, 15) is 0 Å². The molecule has 200 valence electrons. The normalized spacial score (nSPS) is 14.4. The maximum Gasteiger partial charge on any atom is 0.155 e. The minimum absolute atomic E-state index is 0.743. The van der Waals surface area contributed by atoms with Gasteiger partial charge in [-0.3, -0.25) is 10.1 Å². The second-order valence-electron chi connectivity index (χ2n) is 10.6. The molecule has 8 heteroatoms. The van der Waals surface area contributed by atoms with Crippen LogP contribution in [0.5, 0.6) is 0 Å². The highest BCUT2D eigenvalue weighted by molar-refractivity contribution is 6.00. The summed E-state index contributed by atoms with van der Waals surface area (Å²) < 4.78 is 0. The molecule has 0 atom stereocenters. The number of aromatic amines is 2. The van der Waals surface area contributed by atoms with E-state index in [1.165, 1.54) is 16.6 Å². The van der Waals surface area contributed by atoms with E-state index in [0.29, 0.717) is 0 Å². The van der Waals surface area contributed by atoms with Crippen LogP contribution in [0, 0.1) is 0 Å². The second kappa shape index (κ2) is 10.6. The van der Waals surface area contributed by atoms with Crippen molar-refractivity contribution >= 4 is 27.6 Å². The molecular formula is C32H32N8. The van der Waals surface area contributed by atoms with Gasteiger partial charge in [-0.15, -0.1) is 0 Å². The number of nitrogens with zero attached hydrogens (tertiary/aromatic N) is 5. The topological polar surface area (TPSA) is 88.8 Å². The Morgan fingerprint density at radius 2 is 1.62 bits per heavy atom. The summed E-state index contributed by atoms with van der Waals surface area (Å²) in [4.78, 5) is 17.7. The van der Waals surface area contributed by atoms with E-state index in [1.54, 1.807) is 0 Å². The van der Waals surface area contributed by atoms with Crippen LogP contribution in [0.3, 0.4) is 0 Å². The third-order valence-electron chi connectivity index (χ3n) is 7.79. The third kappa shape index (κ3) is 4.83. The number of likely N-dealkylation sites (N-methyl/N-ethyl adjacent to an activating group) is 1. The molecule has 1 saturated heterocycles. The number of nitrogens with one attached hydrogen (secondary N) is 3. The van der Waals surface area contributed by atoms with Gasteiger partial charge in [0.15, 0.2) is 5.65 Å². The predicted molar refractivity (Wildman–Crippen MR) is 161 cm³/mol. The van der Waals surface area contributed by atoms with Crippen LogP contribution in [-0.4, -0.2) is 63.3 Å². The van der Waals surface area contributed by atoms with Gasteiger partial charge in [-0.1, -0.05) is 36.4 Å². The Hall–Kier alpha value is -4.53. The number of hydrogen-bond donors (Lipinski definition) is 3. The molecule has 1 fully saturated rings. The molecule has 4 aromatic heterocycles. The van der Waals surface area contributed by atoms with Gasteiger partial charge in [-0.05, 0) is 48.5 Å². The molecule has 5 heterocycles. The Kier molecular flexibility index (Phi) is 6.47. The lowest BCUT2D eigenvalue weighted by Crippen LogP contribution is -2.44. The molecule has 40 heavy (non-hydrogen) atoms. The molecule has 7 rings (SSSR count). The fourth-order valence-corrected chi connectivity index (χ4v) is 5.55. The van der Waals surface area contributed by atoms with E-state index >= 15 is 0 Å². The van der Waals surface area contributed by atoms with Crippen LogP contribution in [0.2, 0.25) is 0 Å². The van der Waals surface area contributed by atoms with E-state index in [2.05, 4.69) is 103 Å². The van der Waals surface area contributed by atoms with Crippen LogP contribution >= 0.6 is 0 Å². The minimum atomic E-state index is 0.743. The van der Waals surface area contributed by atoms with Gasteiger partial charge in [-0.25, -0.2) is 4.98 Å². The van der Waals surface area contributed by atoms with Gasteiger partial charge in [0.25, 0.3) is 0 Å². The number of aromatic nitrogens is 5. The standard InChI is InChI=1S/C32H32N8/c1-39-10-12-40(13-11-39)30-9-5-8-28-26(30)16-29(36-28)31-27-15-25(21-35-32(27)38-37-31)24-14-23(19-34-20-24)18-33-17-22-6-3-2-4-7-22/h2-9,14-16,19-21,33,36H,10-13,17-18H2,1H3,(H,35,37,38). The lowest BCUT2D eigenvalue weighted by molar-refractivity contribution is 0.313. The predicted octanol–water partition coefficient (Wildman–Crippen LogP) is 5.21. The Labute approximate surface area is 233 Å². The first-order valence-electron chi connectivity index (χ1n) is 13.8. The van der Waals surface area contributed by atoms with Crippen LogP contribution in [0.4, 0.5) is 5.69 Å². The molecule has 2 aromatic carbocycles. The van der Waals surface area contributed by atoms with E-state index in [-0.39, 0.29) is 0 Å². The van der Waals surface area contributed by atoms with Crippen LogP contribution in [0.1, 0.15) is 11.1 Å². The van der Waals surface area contributed by atoms with E-state index < -0.39 is 0 Å². The van der Waals surface area contributed by atoms with Crippen LogP contribution in [-0.2, 0) is 13.1 Å². The van der Waals surface area contributed by atoms with Crippen molar-refractivity contribution in [1.82, 2.24) is 35.4 Å². The van der Waals surface area contributed by atoms with Gasteiger partial charge in [0.05, 0.1) is 5.69 Å². The third-order valence-corrected chi connectivity index (χ3v) is 7.79. The summed E-state index contributed by atoms with van der Waals surface area (Å²) >= 11 is 0. The molecule has 8 nitrogen and oxygen atoms in total. The highest BCUT2D eigenvalue weighted by Gasteiger charge is 2.19. The van der Waals surface area contributed by atoms with Crippen molar-refractivity contribution in [3.05, 3.63) is 96.4 Å². The molecule has 0 amide bonds. The van der Waals surface area contributed by atoms with Crippen molar-refractivity contribution in [3.8, 4) is 22.5 Å². The number of H-pyrrole nitrogens is 2. The largest absolute Gasteiger partial charge is 0.368 e. The van der Waals surface area contributed by atoms with Crippen molar-refractivity contribution in [3.63, 3.8) is 0 Å². The molecule has 0 unspecified atom stereocenters. The zero-order valence-corrected chi connectivity index (χ0v) is 22.6. The first kappa shape index (κ1) is 24.5. The average Bonchev–Trinajstić information content (AvgIpc) is 3.62. The number of benzene rings is 2. The van der Waals surface area contributed by atoms with Gasteiger partial charge < -0.3 is 20.1 Å². The molecular weight excluding hydrogens is 496 g/mol. The van der Waals surface area contributed by atoms with Gasteiger partial charge in [0, 0.05) is 91.0 Å². The quantitative estimate of drug-likeness (QED) is 0.264. The summed E-state index contributed by atoms with van der Waals surface area (Å²) in [5.41, 5.74) is 9.47. The molecule has 3 N–H and O–H groups in total. The maximum absolute atomic E-state index is 4.70. The number of pyridine rings is 2. The molecule has 0 radical (unpaired) electrons. The first-order chi connectivity index (χ1) is 19.7. The fourth-order valence-electron chi connectivity index (χ4n) is 5.55. The first-order valence-corrected chi connectivity index (χ1v) is 13.8. The van der Waals surface area contributed by atoms with Gasteiger partial charge >= 0.3 is 0 Å². The summed E-state index contributed by atoms with van der Waals surface area (Å²) in [6.07, 6.45) is 5.70. The highest BCUT2D eigenvalue weighted by atomic mass is 15.2. The molecule has 6 aromatic rings. The second-order valence-corrected chi connectivity index (χ2v) is 10.6. The van der Waals surface area contributed by atoms with E-state index in [4.69, 9.17) is 4.98 Å². The van der Waals surface area contributed by atoms with Gasteiger partial charge in [-0.2, -0.15) is 5.10 Å². The Balaban J connectivity index is 1.17. The van der Waals surface area contributed by atoms with E-state index in [0.717, 1.165) is 83.9 Å². The molecule has 1 aliphatic rings. The number of hydrogen-bond acceptors (Lipinski definition) is 6. The van der Waals surface area contributed by atoms with Crippen LogP contribution < -0.4 is 10.2 Å². The minimum Gasteiger partial charge on any atom is -0.368 e. The Bertz CT molecular complexity index is 1760. The number of piperazine rings is 1. The molecule has 0 bridgehead atoms. The lowest BCUT2D eigenvalue weighted by Gasteiger charge is -2.34. The number of anilines is 1. The van der Waals surface area contributed by atoms with E-state index in [1.807, 2.05) is 24.7 Å². The van der Waals surface area contributed by atoms with Crippen molar-refractivity contribution in [2.45, 2.75) is 13.1 Å². The van der Waals surface area contributed by atoms with Crippen LogP contribution in [0.15, 0.2) is 85.3 Å². The highest BCUT2D eigenvalue weighted by Crippen LogP contribution is 2.34. The average molecular weight is 529 g/mol. The fraction of sp³-hybridized carbons (Fsp3) is 0.219. The zero-order valence-electron chi connectivity index (χ0n) is 22.6. The zero-order chi connectivity index (χ0) is 26.9. The van der Waals surface area contributed by atoms with Crippen molar-refractivity contribution in [2.24, 2.45) is 0 Å². The Morgan fingerprint density at radius 1 is 0.800 bits per heavy atom. The monoisotopic (exact) mass is 528 g/mol. The number of fused-ring (bicyclic) bond motifs is 2. The lowest BCUT2D eigenvalue weighted by atomic mass is 10.1. The van der Waals surface area contributed by atoms with Crippen molar-refractivity contribution in [2.75, 3.05) is 38.1 Å². The summed E-state index contributed by atoms with van der Waals surface area (Å²) in [5.74, 6) is 0. The number of rotatable bonds is 7. The van der Waals surface area contributed by atoms with Gasteiger partial charge in [0.1, 0.15) is 5.69 Å². The van der Waals surface area contributed by atoms with Crippen LogP contribution in [0.25, 0.3) is 44.5 Å². The summed E-state index contributed by atoms with van der Waals surface area (Å²) in [6.45, 7) is 5.77. The smallest absolute Gasteiger partial charge is 0.155 e. The SMILES string of the molecule is CN1CCN(c2cccc3[nH]c(-c4n[nH]c5ncc(-c6cncc(CNCc7ccccc7)c6)cc45)cc23)CC1. The molecule has 0 aliphatic carbocycles. The summed E-state index contributed by atoms with van der Waals surface area (Å²) in [6, 6.07) is 23.5. The molecule has 0 saturated carbocycles. The summed E-state index contributed by atoms with van der Waals surface area (Å²) in [5, 5.41) is 13.5. The van der Waals surface area contributed by atoms with Crippen molar-refractivity contribution in [1.29, 1.82) is 0 Å². The summed E-state index contributed by atoms with van der Waals surface area (Å²) in [7, 11) is 2.19.